The Hall–Kier alpha value is -3.24. The average molecular weight is 522 g/mol. The van der Waals surface area contributed by atoms with Crippen LogP contribution in [-0.4, -0.2) is 56.2 Å². The zero-order valence-electron chi connectivity index (χ0n) is 22.6. The van der Waals surface area contributed by atoms with E-state index < -0.39 is 17.7 Å². The fraction of sp³-hybridized carbons (Fsp3) is 0.692. The van der Waals surface area contributed by atoms with Crippen molar-refractivity contribution in [1.29, 1.82) is 5.41 Å². The zero-order chi connectivity index (χ0) is 27.6. The molecular formula is C26H43N5O6. The molecule has 2 rings (SSSR count). The maximum Gasteiger partial charge on any atom is 0.407 e. The predicted octanol–water partition coefficient (Wildman–Crippen LogP) is 3.16. The van der Waals surface area contributed by atoms with Gasteiger partial charge >= 0.3 is 12.2 Å². The molecule has 6 N–H and O–H groups in total. The molecule has 2 atom stereocenters. The summed E-state index contributed by atoms with van der Waals surface area (Å²) < 4.78 is 15.6. The number of nitrogens with one attached hydrogen (secondary N) is 4. The zero-order valence-corrected chi connectivity index (χ0v) is 22.6. The summed E-state index contributed by atoms with van der Waals surface area (Å²) in [5.74, 6) is 0.749. The Labute approximate surface area is 219 Å². The van der Waals surface area contributed by atoms with Crippen LogP contribution in [0.5, 0.6) is 0 Å². The molecule has 0 aromatic carbocycles. The maximum absolute atomic E-state index is 13.4. The molecule has 11 nitrogen and oxygen atoms in total. The summed E-state index contributed by atoms with van der Waals surface area (Å²) in [6.45, 7) is 8.20. The second-order valence-electron chi connectivity index (χ2n) is 10.8. The molecule has 37 heavy (non-hydrogen) atoms. The molecule has 2 aliphatic rings. The van der Waals surface area contributed by atoms with E-state index in [9.17, 15) is 14.4 Å². The number of fused-ring (bicyclic) bond motifs is 2. The third kappa shape index (κ3) is 9.62. The Morgan fingerprint density at radius 3 is 2.32 bits per heavy atom. The van der Waals surface area contributed by atoms with Gasteiger partial charge in [0.2, 0.25) is 5.88 Å². The highest BCUT2D eigenvalue weighted by molar-refractivity contribution is 6.11. The first-order chi connectivity index (χ1) is 17.5. The van der Waals surface area contributed by atoms with Gasteiger partial charge in [-0.3, -0.25) is 4.79 Å². The number of amides is 3. The van der Waals surface area contributed by atoms with Crippen molar-refractivity contribution in [3.63, 3.8) is 0 Å². The molecule has 0 saturated heterocycles. The molecule has 0 aromatic heterocycles. The van der Waals surface area contributed by atoms with E-state index >= 15 is 0 Å². The number of alkyl carbamates (subject to hydrolysis) is 1. The van der Waals surface area contributed by atoms with Crippen molar-refractivity contribution in [3.05, 3.63) is 23.7 Å². The number of ether oxygens (including phenoxy) is 3. The minimum atomic E-state index is -0.763. The van der Waals surface area contributed by atoms with Gasteiger partial charge in [-0.15, -0.1) is 0 Å². The molecule has 11 heteroatoms. The topological polar surface area (TPSA) is 165 Å². The van der Waals surface area contributed by atoms with Crippen LogP contribution in [0.1, 0.15) is 59.8 Å². The number of hydrogen-bond donors (Lipinski definition) is 5. The number of carbonyl (C=O) groups excluding carboxylic acids is 3. The van der Waals surface area contributed by atoms with Gasteiger partial charge in [-0.05, 0) is 69.3 Å². The highest BCUT2D eigenvalue weighted by Gasteiger charge is 2.41. The Morgan fingerprint density at radius 1 is 1.14 bits per heavy atom. The predicted molar refractivity (Wildman–Crippen MR) is 140 cm³/mol. The van der Waals surface area contributed by atoms with Crippen LogP contribution in [0.4, 0.5) is 9.59 Å². The molecule has 208 valence electrons. The monoisotopic (exact) mass is 521 g/mol. The highest BCUT2D eigenvalue weighted by Crippen LogP contribution is 2.43. The van der Waals surface area contributed by atoms with Crippen LogP contribution in [0.3, 0.4) is 0 Å². The minimum Gasteiger partial charge on any atom is -0.478 e. The third-order valence-electron chi connectivity index (χ3n) is 6.72. The van der Waals surface area contributed by atoms with Crippen LogP contribution in [0.2, 0.25) is 0 Å². The lowest BCUT2D eigenvalue weighted by Crippen LogP contribution is -2.52. The number of methoxy groups -OCH3 is 1. The fourth-order valence-corrected chi connectivity index (χ4v) is 5.03. The first-order valence-corrected chi connectivity index (χ1v) is 12.9. The number of primary amides is 1. The van der Waals surface area contributed by atoms with Crippen LogP contribution in [0.15, 0.2) is 23.7 Å². The van der Waals surface area contributed by atoms with E-state index in [2.05, 4.69) is 20.7 Å². The van der Waals surface area contributed by atoms with Gasteiger partial charge in [0.1, 0.15) is 5.57 Å². The smallest absolute Gasteiger partial charge is 0.407 e. The van der Waals surface area contributed by atoms with Gasteiger partial charge in [0.15, 0.2) is 0 Å². The third-order valence-corrected chi connectivity index (χ3v) is 6.72. The van der Waals surface area contributed by atoms with Crippen molar-refractivity contribution >= 4 is 24.3 Å². The molecule has 0 heterocycles. The normalized spacial score (nSPS) is 24.1. The van der Waals surface area contributed by atoms with Crippen LogP contribution < -0.4 is 21.7 Å². The summed E-state index contributed by atoms with van der Waals surface area (Å²) in [7, 11) is 1.29. The Balaban J connectivity index is 2.17. The number of hydrogen-bond acceptors (Lipinski definition) is 8. The van der Waals surface area contributed by atoms with Gasteiger partial charge in [0.05, 0.1) is 25.9 Å². The molecule has 2 bridgehead atoms. The van der Waals surface area contributed by atoms with Gasteiger partial charge in [0, 0.05) is 18.5 Å². The van der Waals surface area contributed by atoms with Gasteiger partial charge in [0.25, 0.3) is 5.91 Å². The van der Waals surface area contributed by atoms with Crippen LogP contribution in [-0.2, 0) is 19.0 Å². The van der Waals surface area contributed by atoms with Crippen LogP contribution in [0, 0.1) is 29.1 Å². The molecule has 0 aliphatic heterocycles. The second kappa shape index (κ2) is 13.9. The molecule has 2 unspecified atom stereocenters. The summed E-state index contributed by atoms with van der Waals surface area (Å²) in [6.07, 6.45) is 7.69. The summed E-state index contributed by atoms with van der Waals surface area (Å²) in [6, 6.07) is -0.0221. The molecular weight excluding hydrogens is 478 g/mol. The van der Waals surface area contributed by atoms with E-state index in [0.29, 0.717) is 13.2 Å². The molecule has 3 amide bonds. The highest BCUT2D eigenvalue weighted by atomic mass is 16.5. The average Bonchev–Trinajstić information content (AvgIpc) is 2.80. The number of carbonyl (C=O) groups is 3. The van der Waals surface area contributed by atoms with E-state index in [-0.39, 0.29) is 47.1 Å². The van der Waals surface area contributed by atoms with Crippen molar-refractivity contribution in [2.24, 2.45) is 29.4 Å². The first kappa shape index (κ1) is 30.0. The summed E-state index contributed by atoms with van der Waals surface area (Å²) in [5, 5.41) is 16.8. The first-order valence-electron chi connectivity index (χ1n) is 12.9. The Morgan fingerprint density at radius 2 is 1.78 bits per heavy atom. The van der Waals surface area contributed by atoms with E-state index in [4.69, 9.17) is 20.6 Å². The second-order valence-corrected chi connectivity index (χ2v) is 10.8. The molecule has 0 spiro atoms. The number of nitrogens with two attached hydrogens (primary N) is 1. The summed E-state index contributed by atoms with van der Waals surface area (Å²) >= 11 is 0. The van der Waals surface area contributed by atoms with Crippen LogP contribution >= 0.6 is 0 Å². The molecule has 2 fully saturated rings. The van der Waals surface area contributed by atoms with Gasteiger partial charge in [-0.2, -0.15) is 0 Å². The maximum atomic E-state index is 13.4. The van der Waals surface area contributed by atoms with Crippen molar-refractivity contribution in [2.75, 3.05) is 20.3 Å². The molecule has 0 radical (unpaired) electrons. The fourth-order valence-electron chi connectivity index (χ4n) is 5.03. The van der Waals surface area contributed by atoms with Crippen molar-refractivity contribution in [2.45, 2.75) is 71.4 Å². The van der Waals surface area contributed by atoms with Crippen LogP contribution in [0.25, 0.3) is 0 Å². The lowest BCUT2D eigenvalue weighted by Gasteiger charge is -2.46. The largest absolute Gasteiger partial charge is 0.478 e. The SMILES string of the molecule is COC(=O)NC(C)(C)/C=C/N/C(OCC(C)C)=C(\C=N)C(=O)NC1C2CCCC1CC(COC(N)=O)C2. The Kier molecular flexibility index (Phi) is 11.3. The lowest BCUT2D eigenvalue weighted by atomic mass is 9.65. The quantitative estimate of drug-likeness (QED) is 0.149. The van der Waals surface area contributed by atoms with Gasteiger partial charge < -0.3 is 41.3 Å². The standard InChI is InChI=1S/C26H43N5O6/c1-16(2)14-36-23(29-10-9-26(3,4)31-25(34)35-5)20(13-27)22(32)30-21-18-7-6-8-19(21)12-17(11-18)15-37-24(28)33/h9-10,13,16-19,21,27,29H,6-8,11-12,14-15H2,1-5H3,(H2,28,33)(H,30,32)(H,31,34)/b10-9+,23-20-,27-13?. The molecule has 2 saturated carbocycles. The number of rotatable bonds is 12. The van der Waals surface area contributed by atoms with Crippen molar-refractivity contribution in [3.8, 4) is 0 Å². The van der Waals surface area contributed by atoms with Gasteiger partial charge in [-0.1, -0.05) is 20.3 Å². The van der Waals surface area contributed by atoms with Crippen molar-refractivity contribution < 1.29 is 28.6 Å². The van der Waals surface area contributed by atoms with E-state index in [0.717, 1.165) is 38.3 Å². The van der Waals surface area contributed by atoms with Gasteiger partial charge in [-0.25, -0.2) is 9.59 Å². The molecule has 2 aliphatic carbocycles. The van der Waals surface area contributed by atoms with E-state index in [1.165, 1.54) is 7.11 Å². The lowest BCUT2D eigenvalue weighted by molar-refractivity contribution is -0.119. The molecule has 0 aromatic rings. The van der Waals surface area contributed by atoms with E-state index in [1.807, 2.05) is 13.8 Å². The van der Waals surface area contributed by atoms with E-state index in [1.54, 1.807) is 26.1 Å². The minimum absolute atomic E-state index is 0.0221. The van der Waals surface area contributed by atoms with Crippen molar-refractivity contribution in [1.82, 2.24) is 16.0 Å². The summed E-state index contributed by atoms with van der Waals surface area (Å²) in [5.41, 5.74) is 4.49. The summed E-state index contributed by atoms with van der Waals surface area (Å²) in [4.78, 5) is 36.0. The Bertz CT molecular complexity index is 871.